The Kier molecular flexibility index (Phi) is 3.76. The molecule has 66 valence electrons. The highest BCUT2D eigenvalue weighted by molar-refractivity contribution is 4.95. The maximum absolute atomic E-state index is 9.56. The second kappa shape index (κ2) is 3.88. The lowest BCUT2D eigenvalue weighted by Crippen LogP contribution is -2.38. The van der Waals surface area contributed by atoms with Gasteiger partial charge in [-0.15, -0.1) is 6.58 Å². The van der Waals surface area contributed by atoms with Crippen LogP contribution in [0.15, 0.2) is 12.2 Å². The van der Waals surface area contributed by atoms with Gasteiger partial charge in [0.05, 0.1) is 11.7 Å². The van der Waals surface area contributed by atoms with Crippen molar-refractivity contribution in [1.82, 2.24) is 0 Å². The van der Waals surface area contributed by atoms with E-state index in [0.29, 0.717) is 6.42 Å². The van der Waals surface area contributed by atoms with Gasteiger partial charge in [0.15, 0.2) is 0 Å². The molecule has 0 saturated heterocycles. The van der Waals surface area contributed by atoms with Crippen LogP contribution in [0.1, 0.15) is 27.2 Å². The zero-order valence-corrected chi connectivity index (χ0v) is 7.85. The van der Waals surface area contributed by atoms with Gasteiger partial charge in [-0.1, -0.05) is 5.57 Å². The van der Waals surface area contributed by atoms with Gasteiger partial charge in [0.25, 0.3) is 0 Å². The number of aliphatic hydroxyl groups is 1. The number of hydrogen-bond acceptors (Lipinski definition) is 2. The minimum atomic E-state index is -0.473. The van der Waals surface area contributed by atoms with Crippen molar-refractivity contribution in [2.24, 2.45) is 0 Å². The molecular formula is C9H18O2. The molecule has 0 aromatic heterocycles. The number of hydrogen-bond donors (Lipinski definition) is 1. The summed E-state index contributed by atoms with van der Waals surface area (Å²) in [6.07, 6.45) is 0.130. The fourth-order valence-corrected chi connectivity index (χ4v) is 0.712. The number of aliphatic hydroxyl groups excluding tert-OH is 1. The monoisotopic (exact) mass is 158 g/mol. The molecule has 0 aliphatic heterocycles. The number of rotatable bonds is 4. The van der Waals surface area contributed by atoms with Gasteiger partial charge in [0.2, 0.25) is 0 Å². The number of ether oxygens (including phenoxy) is 1. The van der Waals surface area contributed by atoms with Gasteiger partial charge < -0.3 is 9.84 Å². The topological polar surface area (TPSA) is 29.5 Å². The second-order valence-corrected chi connectivity index (χ2v) is 3.48. The van der Waals surface area contributed by atoms with Crippen molar-refractivity contribution >= 4 is 0 Å². The summed E-state index contributed by atoms with van der Waals surface area (Å²) in [6, 6.07) is 0. The van der Waals surface area contributed by atoms with Gasteiger partial charge in [-0.25, -0.2) is 0 Å². The van der Waals surface area contributed by atoms with E-state index >= 15 is 0 Å². The average molecular weight is 158 g/mol. The van der Waals surface area contributed by atoms with E-state index in [-0.39, 0.29) is 0 Å². The quantitative estimate of drug-likeness (QED) is 0.631. The van der Waals surface area contributed by atoms with E-state index in [0.717, 1.165) is 5.57 Å². The molecule has 1 atom stereocenters. The summed E-state index contributed by atoms with van der Waals surface area (Å²) in [5.41, 5.74) is 0.501. The standard InChI is InChI=1S/C9H18O2/c1-7(2)6-8(10)9(3,4)11-5/h8,10H,1,6H2,2-5H3. The van der Waals surface area contributed by atoms with E-state index in [1.54, 1.807) is 7.11 Å². The molecule has 0 spiro atoms. The second-order valence-electron chi connectivity index (χ2n) is 3.48. The van der Waals surface area contributed by atoms with Crippen LogP contribution in [0.5, 0.6) is 0 Å². The van der Waals surface area contributed by atoms with E-state index in [9.17, 15) is 5.11 Å². The third-order valence-corrected chi connectivity index (χ3v) is 1.87. The van der Waals surface area contributed by atoms with Crippen LogP contribution in [0.25, 0.3) is 0 Å². The van der Waals surface area contributed by atoms with Crippen LogP contribution < -0.4 is 0 Å². The minimum absolute atomic E-state index is 0.468. The van der Waals surface area contributed by atoms with Crippen LogP contribution in [-0.4, -0.2) is 23.9 Å². The van der Waals surface area contributed by atoms with Crippen LogP contribution >= 0.6 is 0 Å². The largest absolute Gasteiger partial charge is 0.390 e. The average Bonchev–Trinajstić information content (AvgIpc) is 1.86. The van der Waals surface area contributed by atoms with Gasteiger partial charge in [-0.2, -0.15) is 0 Å². The summed E-state index contributed by atoms with van der Waals surface area (Å²) in [5.74, 6) is 0. The van der Waals surface area contributed by atoms with Crippen molar-refractivity contribution in [3.8, 4) is 0 Å². The van der Waals surface area contributed by atoms with Gasteiger partial charge in [0.1, 0.15) is 0 Å². The van der Waals surface area contributed by atoms with Gasteiger partial charge >= 0.3 is 0 Å². The highest BCUT2D eigenvalue weighted by Crippen LogP contribution is 2.18. The van der Waals surface area contributed by atoms with Crippen LogP contribution in [0.4, 0.5) is 0 Å². The van der Waals surface area contributed by atoms with Gasteiger partial charge in [0, 0.05) is 7.11 Å². The first-order valence-corrected chi connectivity index (χ1v) is 3.77. The summed E-state index contributed by atoms with van der Waals surface area (Å²) in [5, 5.41) is 9.56. The fraction of sp³-hybridized carbons (Fsp3) is 0.778. The van der Waals surface area contributed by atoms with E-state index in [2.05, 4.69) is 6.58 Å². The Labute approximate surface area is 68.9 Å². The molecule has 0 heterocycles. The predicted molar refractivity (Wildman–Crippen MR) is 46.5 cm³/mol. The summed E-state index contributed by atoms with van der Waals surface area (Å²) >= 11 is 0. The maximum atomic E-state index is 9.56. The van der Waals surface area contributed by atoms with Crippen LogP contribution in [0.2, 0.25) is 0 Å². The summed E-state index contributed by atoms with van der Waals surface area (Å²) in [7, 11) is 1.60. The lowest BCUT2D eigenvalue weighted by molar-refractivity contribution is -0.0763. The fourth-order valence-electron chi connectivity index (χ4n) is 0.712. The lowest BCUT2D eigenvalue weighted by atomic mass is 9.96. The smallest absolute Gasteiger partial charge is 0.0883 e. The molecular weight excluding hydrogens is 140 g/mol. The third-order valence-electron chi connectivity index (χ3n) is 1.87. The molecule has 0 bridgehead atoms. The van der Waals surface area contributed by atoms with Crippen LogP contribution in [0.3, 0.4) is 0 Å². The molecule has 0 aliphatic carbocycles. The first-order valence-electron chi connectivity index (χ1n) is 3.77. The highest BCUT2D eigenvalue weighted by Gasteiger charge is 2.26. The first-order chi connectivity index (χ1) is 4.90. The number of methoxy groups -OCH3 is 1. The van der Waals surface area contributed by atoms with Crippen LogP contribution in [0, 0.1) is 0 Å². The zero-order chi connectivity index (χ0) is 9.07. The third kappa shape index (κ3) is 3.54. The highest BCUT2D eigenvalue weighted by atomic mass is 16.5. The molecule has 0 fully saturated rings. The molecule has 2 heteroatoms. The Morgan fingerprint density at radius 2 is 2.09 bits per heavy atom. The summed E-state index contributed by atoms with van der Waals surface area (Å²) < 4.78 is 5.11. The SMILES string of the molecule is C=C(C)CC(O)C(C)(C)OC. The van der Waals surface area contributed by atoms with Gasteiger partial charge in [-0.3, -0.25) is 0 Å². The molecule has 0 aliphatic rings. The molecule has 2 nitrogen and oxygen atoms in total. The molecule has 0 rings (SSSR count). The van der Waals surface area contributed by atoms with Crippen molar-refractivity contribution in [1.29, 1.82) is 0 Å². The van der Waals surface area contributed by atoms with Crippen molar-refractivity contribution < 1.29 is 9.84 Å². The minimum Gasteiger partial charge on any atom is -0.390 e. The molecule has 0 saturated carbocycles. The Bertz CT molecular complexity index is 138. The molecule has 1 N–H and O–H groups in total. The van der Waals surface area contributed by atoms with Crippen molar-refractivity contribution in [2.45, 2.75) is 38.9 Å². The Balaban J connectivity index is 4.01. The molecule has 11 heavy (non-hydrogen) atoms. The summed E-state index contributed by atoms with van der Waals surface area (Å²) in [4.78, 5) is 0. The van der Waals surface area contributed by atoms with E-state index in [1.807, 2.05) is 20.8 Å². The Morgan fingerprint density at radius 3 is 2.36 bits per heavy atom. The predicted octanol–water partition coefficient (Wildman–Crippen LogP) is 1.74. The zero-order valence-electron chi connectivity index (χ0n) is 7.85. The first kappa shape index (κ1) is 10.7. The molecule has 0 amide bonds. The molecule has 1 unspecified atom stereocenters. The Morgan fingerprint density at radius 1 is 1.64 bits per heavy atom. The van der Waals surface area contributed by atoms with E-state index in [4.69, 9.17) is 4.74 Å². The molecule has 0 radical (unpaired) electrons. The molecule has 0 aromatic carbocycles. The van der Waals surface area contributed by atoms with Crippen LogP contribution in [-0.2, 0) is 4.74 Å². The normalized spacial score (nSPS) is 14.6. The van der Waals surface area contributed by atoms with Crippen molar-refractivity contribution in [3.63, 3.8) is 0 Å². The molecule has 0 aromatic rings. The van der Waals surface area contributed by atoms with E-state index < -0.39 is 11.7 Å². The summed E-state index contributed by atoms with van der Waals surface area (Å²) in [6.45, 7) is 9.35. The van der Waals surface area contributed by atoms with Crippen molar-refractivity contribution in [3.05, 3.63) is 12.2 Å². The maximum Gasteiger partial charge on any atom is 0.0883 e. The van der Waals surface area contributed by atoms with Crippen molar-refractivity contribution in [2.75, 3.05) is 7.11 Å². The Hall–Kier alpha value is -0.340. The lowest BCUT2D eigenvalue weighted by Gasteiger charge is -2.29. The van der Waals surface area contributed by atoms with E-state index in [1.165, 1.54) is 0 Å². The van der Waals surface area contributed by atoms with Gasteiger partial charge in [-0.05, 0) is 27.2 Å².